The van der Waals surface area contributed by atoms with Crippen LogP contribution in [0.5, 0.6) is 0 Å². The van der Waals surface area contributed by atoms with Crippen LogP contribution in [0.15, 0.2) is 48.5 Å². The van der Waals surface area contributed by atoms with Crippen LogP contribution >= 0.6 is 31.9 Å². The number of hydrazine groups is 1. The average molecular weight is 518 g/mol. The Labute approximate surface area is 185 Å². The molecule has 0 spiro atoms. The summed E-state index contributed by atoms with van der Waals surface area (Å²) in [6.07, 6.45) is 0. The number of hydrogen-bond donors (Lipinski definition) is 1. The van der Waals surface area contributed by atoms with Crippen LogP contribution < -0.4 is 5.43 Å². The molecule has 3 amide bonds. The molecule has 2 aromatic carbocycles. The van der Waals surface area contributed by atoms with Crippen LogP contribution in [0.1, 0.15) is 36.1 Å². The van der Waals surface area contributed by atoms with Gasteiger partial charge in [-0.3, -0.25) is 19.8 Å². The fraction of sp³-hybridized carbons (Fsp3) is 0.318. The smallest absolute Gasteiger partial charge is 0.254 e. The minimum atomic E-state index is -0.843. The van der Waals surface area contributed by atoms with E-state index in [0.29, 0.717) is 0 Å². The maximum Gasteiger partial charge on any atom is 0.254 e. The number of rotatable bonds is 2. The quantitative estimate of drug-likeness (QED) is 0.489. The highest BCUT2D eigenvalue weighted by atomic mass is 79.9. The van der Waals surface area contributed by atoms with Crippen molar-refractivity contribution < 1.29 is 14.4 Å². The summed E-state index contributed by atoms with van der Waals surface area (Å²) in [4.78, 5) is 39.3. The van der Waals surface area contributed by atoms with Crippen molar-refractivity contribution in [3.8, 4) is 0 Å². The first-order chi connectivity index (χ1) is 13.7. The highest BCUT2D eigenvalue weighted by Gasteiger charge is 2.72. The summed E-state index contributed by atoms with van der Waals surface area (Å²) in [6.45, 7) is 3.45. The van der Waals surface area contributed by atoms with Crippen molar-refractivity contribution in [2.24, 2.45) is 17.8 Å². The molecule has 1 saturated heterocycles. The van der Waals surface area contributed by atoms with E-state index >= 15 is 0 Å². The summed E-state index contributed by atoms with van der Waals surface area (Å²) in [5, 5.41) is 0.932. The zero-order valence-corrected chi connectivity index (χ0v) is 19.0. The van der Waals surface area contributed by atoms with E-state index in [0.717, 1.165) is 27.3 Å². The number of carbonyl (C=O) groups is 3. The van der Waals surface area contributed by atoms with E-state index in [-0.39, 0.29) is 11.8 Å². The molecular formula is C22H18Br2N2O3. The molecule has 6 rings (SSSR count). The van der Waals surface area contributed by atoms with Crippen molar-refractivity contribution in [1.29, 1.82) is 0 Å². The number of carbonyl (C=O) groups excluding carboxylic acids is 3. The lowest BCUT2D eigenvalue weighted by atomic mass is 9.54. The van der Waals surface area contributed by atoms with E-state index in [4.69, 9.17) is 0 Å². The van der Waals surface area contributed by atoms with Crippen molar-refractivity contribution in [3.63, 3.8) is 0 Å². The van der Waals surface area contributed by atoms with Crippen molar-refractivity contribution in [3.05, 3.63) is 70.8 Å². The standard InChI is InChI=1S/C22H18Br2N2O3/c1-11(2)18(27)25-26-19(28)16-17(20(26)29)22(24)13-8-4-3-7-12(13)21(16,23)14-9-5-6-10-15(14)22/h3-11,16-17H,1-2H3,(H,25,27)/t16-,17+,21?,22?. The third-order valence-corrected chi connectivity index (χ3v) is 9.03. The molecule has 1 N–H and O–H groups in total. The van der Waals surface area contributed by atoms with Gasteiger partial charge >= 0.3 is 0 Å². The largest absolute Gasteiger partial charge is 0.273 e. The second-order valence-corrected chi connectivity index (χ2v) is 10.6. The van der Waals surface area contributed by atoms with Gasteiger partial charge < -0.3 is 0 Å². The normalized spacial score (nSPS) is 31.6. The summed E-state index contributed by atoms with van der Waals surface area (Å²) in [5.41, 5.74) is 6.42. The number of amides is 3. The molecule has 4 aliphatic rings. The number of alkyl halides is 2. The predicted molar refractivity (Wildman–Crippen MR) is 114 cm³/mol. The van der Waals surface area contributed by atoms with Gasteiger partial charge in [-0.15, -0.1) is 0 Å². The fourth-order valence-corrected chi connectivity index (χ4v) is 7.32. The zero-order chi connectivity index (χ0) is 20.7. The van der Waals surface area contributed by atoms with Crippen LogP contribution in [0.2, 0.25) is 0 Å². The first-order valence-electron chi connectivity index (χ1n) is 9.50. The number of imide groups is 1. The van der Waals surface area contributed by atoms with Gasteiger partial charge in [-0.1, -0.05) is 94.2 Å². The second kappa shape index (κ2) is 6.01. The van der Waals surface area contributed by atoms with Gasteiger partial charge in [-0.2, -0.15) is 5.01 Å². The Morgan fingerprint density at radius 3 is 1.52 bits per heavy atom. The molecule has 5 nitrogen and oxygen atoms in total. The molecule has 2 aromatic rings. The van der Waals surface area contributed by atoms with Crippen LogP contribution in [-0.4, -0.2) is 22.7 Å². The van der Waals surface area contributed by atoms with Gasteiger partial charge in [0, 0.05) is 5.92 Å². The second-order valence-electron chi connectivity index (χ2n) is 8.11. The number of nitrogens with zero attached hydrogens (tertiary/aromatic N) is 1. The Hall–Kier alpha value is -1.99. The van der Waals surface area contributed by atoms with E-state index in [2.05, 4.69) is 37.3 Å². The third-order valence-electron chi connectivity index (χ3n) is 6.33. The summed E-state index contributed by atoms with van der Waals surface area (Å²) in [6, 6.07) is 15.8. The van der Waals surface area contributed by atoms with Crippen LogP contribution in [0.25, 0.3) is 0 Å². The van der Waals surface area contributed by atoms with Crippen LogP contribution in [0, 0.1) is 17.8 Å². The molecule has 2 bridgehead atoms. The molecule has 7 heteroatoms. The maximum absolute atomic E-state index is 13.5. The van der Waals surface area contributed by atoms with Gasteiger partial charge in [0.05, 0.1) is 20.5 Å². The molecule has 0 saturated carbocycles. The molecule has 1 aliphatic heterocycles. The van der Waals surface area contributed by atoms with Gasteiger partial charge in [-0.05, 0) is 22.3 Å². The highest BCUT2D eigenvalue weighted by Crippen LogP contribution is 2.70. The highest BCUT2D eigenvalue weighted by molar-refractivity contribution is 9.10. The van der Waals surface area contributed by atoms with Gasteiger partial charge in [-0.25, -0.2) is 0 Å². The Kier molecular flexibility index (Phi) is 3.94. The van der Waals surface area contributed by atoms with E-state index < -0.39 is 32.3 Å². The molecule has 1 fully saturated rings. The number of halogens is 2. The van der Waals surface area contributed by atoms with E-state index in [1.165, 1.54) is 0 Å². The van der Waals surface area contributed by atoms with E-state index in [1.807, 2.05) is 48.5 Å². The van der Waals surface area contributed by atoms with Crippen molar-refractivity contribution in [2.45, 2.75) is 22.5 Å². The Morgan fingerprint density at radius 1 is 0.862 bits per heavy atom. The van der Waals surface area contributed by atoms with Gasteiger partial charge in [0.15, 0.2) is 0 Å². The molecule has 29 heavy (non-hydrogen) atoms. The number of benzene rings is 2. The first-order valence-corrected chi connectivity index (χ1v) is 11.1. The lowest BCUT2D eigenvalue weighted by Gasteiger charge is -2.55. The van der Waals surface area contributed by atoms with E-state index in [1.54, 1.807) is 13.8 Å². The van der Waals surface area contributed by atoms with Crippen LogP contribution in [0.4, 0.5) is 0 Å². The number of hydrogen-bond acceptors (Lipinski definition) is 3. The molecule has 2 atom stereocenters. The molecule has 3 aliphatic carbocycles. The van der Waals surface area contributed by atoms with Gasteiger partial charge in [0.1, 0.15) is 0 Å². The lowest BCUT2D eigenvalue weighted by molar-refractivity contribution is -0.150. The van der Waals surface area contributed by atoms with Gasteiger partial charge in [0.2, 0.25) is 5.91 Å². The van der Waals surface area contributed by atoms with Crippen molar-refractivity contribution >= 4 is 49.6 Å². The Morgan fingerprint density at radius 2 is 1.21 bits per heavy atom. The summed E-state index contributed by atoms with van der Waals surface area (Å²) >= 11 is 7.84. The summed E-state index contributed by atoms with van der Waals surface area (Å²) < 4.78 is -1.69. The van der Waals surface area contributed by atoms with E-state index in [9.17, 15) is 14.4 Å². The number of nitrogens with one attached hydrogen (secondary N) is 1. The monoisotopic (exact) mass is 516 g/mol. The molecule has 0 aromatic heterocycles. The SMILES string of the molecule is CC(C)C(=O)NN1C(=O)[C@@H]2[C@H](C1=O)C1(Br)c3ccccc3C2(Br)c2ccccc21. The summed E-state index contributed by atoms with van der Waals surface area (Å²) in [7, 11) is 0. The molecule has 0 radical (unpaired) electrons. The molecular weight excluding hydrogens is 500 g/mol. The minimum absolute atomic E-state index is 0.347. The molecule has 1 heterocycles. The Balaban J connectivity index is 1.77. The van der Waals surface area contributed by atoms with Crippen molar-refractivity contribution in [1.82, 2.24) is 10.4 Å². The molecule has 0 unspecified atom stereocenters. The third kappa shape index (κ3) is 2.12. The lowest BCUT2D eigenvalue weighted by Crippen LogP contribution is -2.56. The van der Waals surface area contributed by atoms with Crippen LogP contribution in [-0.2, 0) is 23.0 Å². The van der Waals surface area contributed by atoms with Crippen LogP contribution in [0.3, 0.4) is 0 Å². The summed E-state index contributed by atoms with van der Waals surface area (Å²) in [5.74, 6) is -2.84. The average Bonchev–Trinajstić information content (AvgIpc) is 2.97. The molecule has 148 valence electrons. The van der Waals surface area contributed by atoms with Crippen molar-refractivity contribution in [2.75, 3.05) is 0 Å². The zero-order valence-electron chi connectivity index (χ0n) is 15.8. The first kappa shape index (κ1) is 19.0. The predicted octanol–water partition coefficient (Wildman–Crippen LogP) is 3.58. The minimum Gasteiger partial charge on any atom is -0.273 e. The van der Waals surface area contributed by atoms with Gasteiger partial charge in [0.25, 0.3) is 11.8 Å². The fourth-order valence-electron chi connectivity index (χ4n) is 5.02. The topological polar surface area (TPSA) is 66.5 Å². The maximum atomic E-state index is 13.5. The Bertz CT molecular complexity index is 975.